The summed E-state index contributed by atoms with van der Waals surface area (Å²) in [5, 5.41) is 3.10. The number of rotatable bonds is 8. The van der Waals surface area contributed by atoms with Crippen molar-refractivity contribution in [3.05, 3.63) is 12.7 Å². The smallest absolute Gasteiger partial charge is 0.153 e. The number of sulfone groups is 1. The van der Waals surface area contributed by atoms with Gasteiger partial charge in [0, 0.05) is 25.4 Å². The third kappa shape index (κ3) is 6.31. The minimum Gasteiger partial charge on any atom is -0.312 e. The van der Waals surface area contributed by atoms with E-state index < -0.39 is 9.84 Å². The summed E-state index contributed by atoms with van der Waals surface area (Å²) in [6, 6.07) is -0.176. The van der Waals surface area contributed by atoms with Gasteiger partial charge in [-0.2, -0.15) is 0 Å². The second-order valence-electron chi connectivity index (χ2n) is 4.90. The number of Topliss-reactive ketones (excluding diaryl/α,β-unsaturated/α-hetero) is 1. The van der Waals surface area contributed by atoms with E-state index in [1.54, 1.807) is 0 Å². The molecule has 0 aliphatic carbocycles. The highest BCUT2D eigenvalue weighted by molar-refractivity contribution is 7.91. The van der Waals surface area contributed by atoms with Gasteiger partial charge in [-0.25, -0.2) is 8.42 Å². The van der Waals surface area contributed by atoms with Crippen molar-refractivity contribution < 1.29 is 13.2 Å². The lowest BCUT2D eigenvalue weighted by atomic mass is 10.0. The molecule has 18 heavy (non-hydrogen) atoms. The van der Waals surface area contributed by atoms with E-state index in [4.69, 9.17) is 0 Å². The molecule has 1 aliphatic heterocycles. The maximum Gasteiger partial charge on any atom is 0.153 e. The van der Waals surface area contributed by atoms with Crippen molar-refractivity contribution in [2.45, 2.75) is 44.6 Å². The molecule has 1 unspecified atom stereocenters. The molecule has 0 amide bonds. The maximum absolute atomic E-state index is 11.7. The molecule has 1 rings (SSSR count). The van der Waals surface area contributed by atoms with Gasteiger partial charge in [-0.3, -0.25) is 4.79 Å². The van der Waals surface area contributed by atoms with Crippen LogP contribution in [0.5, 0.6) is 0 Å². The van der Waals surface area contributed by atoms with Crippen molar-refractivity contribution in [2.75, 3.05) is 18.1 Å². The van der Waals surface area contributed by atoms with Gasteiger partial charge in [-0.15, -0.1) is 6.58 Å². The topological polar surface area (TPSA) is 63.2 Å². The van der Waals surface area contributed by atoms with Crippen molar-refractivity contribution in [1.29, 1.82) is 0 Å². The lowest BCUT2D eigenvalue weighted by Crippen LogP contribution is -2.45. The van der Waals surface area contributed by atoms with Crippen LogP contribution in [0.1, 0.15) is 38.5 Å². The summed E-state index contributed by atoms with van der Waals surface area (Å²) >= 11 is 0. The summed E-state index contributed by atoms with van der Waals surface area (Å²) in [4.78, 5) is 11.7. The van der Waals surface area contributed by atoms with Crippen LogP contribution in [0.4, 0.5) is 0 Å². The summed E-state index contributed by atoms with van der Waals surface area (Å²) < 4.78 is 22.8. The van der Waals surface area contributed by atoms with Gasteiger partial charge in [0.1, 0.15) is 5.78 Å². The van der Waals surface area contributed by atoms with E-state index in [0.29, 0.717) is 19.4 Å². The Balaban J connectivity index is 2.17. The Morgan fingerprint density at radius 1 is 1.33 bits per heavy atom. The summed E-state index contributed by atoms with van der Waals surface area (Å²) in [6.07, 6.45) is 6.80. The van der Waals surface area contributed by atoms with Gasteiger partial charge >= 0.3 is 0 Å². The molecule has 1 N–H and O–H groups in total. The van der Waals surface area contributed by atoms with Crippen LogP contribution in [0, 0.1) is 0 Å². The molecular formula is C13H23NO3S. The molecule has 0 spiro atoms. The summed E-state index contributed by atoms with van der Waals surface area (Å²) in [5.74, 6) is 0.470. The van der Waals surface area contributed by atoms with Crippen LogP contribution >= 0.6 is 0 Å². The fourth-order valence-corrected chi connectivity index (χ4v) is 3.61. The molecule has 5 heteroatoms. The van der Waals surface area contributed by atoms with E-state index >= 15 is 0 Å². The molecule has 0 radical (unpaired) electrons. The Morgan fingerprint density at radius 2 is 2.11 bits per heavy atom. The maximum atomic E-state index is 11.7. The van der Waals surface area contributed by atoms with Crippen LogP contribution in [0.25, 0.3) is 0 Å². The van der Waals surface area contributed by atoms with Gasteiger partial charge < -0.3 is 5.32 Å². The monoisotopic (exact) mass is 273 g/mol. The van der Waals surface area contributed by atoms with Gasteiger partial charge in [-0.05, 0) is 19.3 Å². The van der Waals surface area contributed by atoms with Crippen LogP contribution < -0.4 is 5.32 Å². The Bertz CT molecular complexity index is 376. The first-order valence-corrected chi connectivity index (χ1v) is 8.42. The van der Waals surface area contributed by atoms with Gasteiger partial charge in [0.15, 0.2) is 9.84 Å². The molecule has 1 saturated heterocycles. The molecule has 0 saturated carbocycles. The molecule has 0 aromatic carbocycles. The molecule has 1 aliphatic rings. The lowest BCUT2D eigenvalue weighted by molar-refractivity contribution is -0.119. The summed E-state index contributed by atoms with van der Waals surface area (Å²) in [5.41, 5.74) is 0. The van der Waals surface area contributed by atoms with Gasteiger partial charge in [0.05, 0.1) is 11.5 Å². The van der Waals surface area contributed by atoms with Crippen molar-refractivity contribution in [3.63, 3.8) is 0 Å². The number of allylic oxidation sites excluding steroid dienone is 1. The highest BCUT2D eigenvalue weighted by Gasteiger charge is 2.25. The Morgan fingerprint density at radius 3 is 2.78 bits per heavy atom. The standard InChI is InChI=1S/C13H23NO3S/c1-2-3-4-5-6-7-13(15)10-12-11-18(16,17)9-8-14-12/h2,12,14H,1,3-11H2. The summed E-state index contributed by atoms with van der Waals surface area (Å²) in [6.45, 7) is 4.12. The van der Waals surface area contributed by atoms with Gasteiger partial charge in [0.2, 0.25) is 0 Å². The van der Waals surface area contributed by atoms with Crippen LogP contribution in [0.3, 0.4) is 0 Å². The fourth-order valence-electron chi connectivity index (χ4n) is 2.16. The normalized spacial score (nSPS) is 22.6. The average Bonchev–Trinajstić information content (AvgIpc) is 2.27. The molecule has 1 atom stereocenters. The molecule has 0 aromatic heterocycles. The van der Waals surface area contributed by atoms with Crippen LogP contribution in [-0.2, 0) is 14.6 Å². The number of hydrogen-bond acceptors (Lipinski definition) is 4. The Kier molecular flexibility index (Phi) is 6.57. The minimum atomic E-state index is -2.94. The molecule has 1 fully saturated rings. The number of nitrogens with one attached hydrogen (secondary N) is 1. The third-order valence-electron chi connectivity index (χ3n) is 3.14. The van der Waals surface area contributed by atoms with Gasteiger partial charge in [0.25, 0.3) is 0 Å². The Labute approximate surface area is 110 Å². The molecule has 0 aromatic rings. The third-order valence-corrected chi connectivity index (χ3v) is 4.88. The zero-order valence-electron chi connectivity index (χ0n) is 10.9. The second-order valence-corrected chi connectivity index (χ2v) is 7.12. The first-order chi connectivity index (χ1) is 8.53. The average molecular weight is 273 g/mol. The van der Waals surface area contributed by atoms with Crippen LogP contribution in [0.2, 0.25) is 0 Å². The largest absolute Gasteiger partial charge is 0.312 e. The van der Waals surface area contributed by atoms with E-state index in [1.165, 1.54) is 0 Å². The zero-order chi connectivity index (χ0) is 13.4. The predicted octanol–water partition coefficient (Wildman–Crippen LogP) is 1.47. The van der Waals surface area contributed by atoms with E-state index in [9.17, 15) is 13.2 Å². The van der Waals surface area contributed by atoms with Gasteiger partial charge in [-0.1, -0.05) is 12.5 Å². The second kappa shape index (κ2) is 7.69. The zero-order valence-corrected chi connectivity index (χ0v) is 11.7. The SMILES string of the molecule is C=CCCCCCC(=O)CC1CS(=O)(=O)CCN1. The Hall–Kier alpha value is -0.680. The number of unbranched alkanes of at least 4 members (excludes halogenated alkanes) is 3. The molecule has 1 heterocycles. The number of hydrogen-bond donors (Lipinski definition) is 1. The van der Waals surface area contributed by atoms with Crippen molar-refractivity contribution in [2.24, 2.45) is 0 Å². The lowest BCUT2D eigenvalue weighted by Gasteiger charge is -2.22. The molecule has 104 valence electrons. The molecule has 0 bridgehead atoms. The molecular weight excluding hydrogens is 250 g/mol. The first-order valence-electron chi connectivity index (χ1n) is 6.60. The van der Waals surface area contributed by atoms with Crippen molar-refractivity contribution >= 4 is 15.6 Å². The highest BCUT2D eigenvalue weighted by atomic mass is 32.2. The van der Waals surface area contributed by atoms with Crippen molar-refractivity contribution in [3.8, 4) is 0 Å². The van der Waals surface area contributed by atoms with Crippen LogP contribution in [-0.4, -0.2) is 38.3 Å². The van der Waals surface area contributed by atoms with E-state index in [0.717, 1.165) is 25.7 Å². The number of ketones is 1. The minimum absolute atomic E-state index is 0.106. The number of carbonyl (C=O) groups is 1. The van der Waals surface area contributed by atoms with Crippen molar-refractivity contribution in [1.82, 2.24) is 5.32 Å². The fraction of sp³-hybridized carbons (Fsp3) is 0.769. The highest BCUT2D eigenvalue weighted by Crippen LogP contribution is 2.09. The van der Waals surface area contributed by atoms with E-state index in [1.807, 2.05) is 6.08 Å². The first kappa shape index (κ1) is 15.4. The predicted molar refractivity (Wildman–Crippen MR) is 73.4 cm³/mol. The van der Waals surface area contributed by atoms with E-state index in [2.05, 4.69) is 11.9 Å². The molecule has 4 nitrogen and oxygen atoms in total. The summed E-state index contributed by atoms with van der Waals surface area (Å²) in [7, 11) is -2.94. The van der Waals surface area contributed by atoms with Crippen LogP contribution in [0.15, 0.2) is 12.7 Å². The quantitative estimate of drug-likeness (QED) is 0.537. The van der Waals surface area contributed by atoms with E-state index in [-0.39, 0.29) is 23.3 Å². The number of carbonyl (C=O) groups excluding carboxylic acids is 1.